The molecule has 0 radical (unpaired) electrons. The van der Waals surface area contributed by atoms with Crippen molar-refractivity contribution in [1.82, 2.24) is 5.32 Å². The van der Waals surface area contributed by atoms with Crippen LogP contribution in [0.2, 0.25) is 0 Å². The summed E-state index contributed by atoms with van der Waals surface area (Å²) in [6.07, 6.45) is 5.18. The van der Waals surface area contributed by atoms with E-state index in [1.807, 2.05) is 18.2 Å². The first-order valence-electron chi connectivity index (χ1n) is 6.84. The van der Waals surface area contributed by atoms with Crippen molar-refractivity contribution in [2.75, 3.05) is 13.7 Å². The molecule has 1 aromatic carbocycles. The van der Waals surface area contributed by atoms with E-state index in [-0.39, 0.29) is 12.1 Å². The predicted octanol–water partition coefficient (Wildman–Crippen LogP) is 2.13. The summed E-state index contributed by atoms with van der Waals surface area (Å²) >= 11 is 0. The molecule has 1 aliphatic rings. The van der Waals surface area contributed by atoms with Gasteiger partial charge < -0.3 is 15.2 Å². The Bertz CT molecular complexity index is 367. The summed E-state index contributed by atoms with van der Waals surface area (Å²) in [4.78, 5) is 0. The van der Waals surface area contributed by atoms with Gasteiger partial charge in [0.15, 0.2) is 0 Å². The summed E-state index contributed by atoms with van der Waals surface area (Å²) < 4.78 is 5.33. The van der Waals surface area contributed by atoms with Crippen LogP contribution in [0.25, 0.3) is 0 Å². The molecule has 0 heterocycles. The van der Waals surface area contributed by atoms with Gasteiger partial charge in [-0.25, -0.2) is 0 Å². The van der Waals surface area contributed by atoms with Crippen LogP contribution in [0.15, 0.2) is 24.3 Å². The fourth-order valence-electron chi connectivity index (χ4n) is 2.65. The van der Waals surface area contributed by atoms with Crippen LogP contribution in [0.1, 0.15) is 31.2 Å². The molecule has 0 bridgehead atoms. The van der Waals surface area contributed by atoms with Crippen LogP contribution in [0.5, 0.6) is 5.75 Å². The van der Waals surface area contributed by atoms with E-state index in [1.165, 1.54) is 12.0 Å². The van der Waals surface area contributed by atoms with E-state index in [1.54, 1.807) is 7.11 Å². The predicted molar refractivity (Wildman–Crippen MR) is 73.0 cm³/mol. The molecule has 3 nitrogen and oxygen atoms in total. The minimum Gasteiger partial charge on any atom is -0.496 e. The van der Waals surface area contributed by atoms with Gasteiger partial charge in [0, 0.05) is 6.04 Å². The number of nitrogens with one attached hydrogen (secondary N) is 1. The Labute approximate surface area is 109 Å². The highest BCUT2D eigenvalue weighted by Crippen LogP contribution is 2.20. The number of hydrogen-bond acceptors (Lipinski definition) is 3. The first kappa shape index (κ1) is 13.4. The summed E-state index contributed by atoms with van der Waals surface area (Å²) in [7, 11) is 1.71. The molecule has 2 atom stereocenters. The molecule has 100 valence electrons. The molecule has 18 heavy (non-hydrogen) atoms. The van der Waals surface area contributed by atoms with Crippen LogP contribution in [0.4, 0.5) is 0 Å². The van der Waals surface area contributed by atoms with Crippen LogP contribution in [-0.2, 0) is 6.42 Å². The highest BCUT2D eigenvalue weighted by atomic mass is 16.5. The van der Waals surface area contributed by atoms with E-state index in [0.29, 0.717) is 0 Å². The van der Waals surface area contributed by atoms with E-state index in [4.69, 9.17) is 4.74 Å². The summed E-state index contributed by atoms with van der Waals surface area (Å²) in [6.45, 7) is 0.891. The Kier molecular flexibility index (Phi) is 5.02. The molecule has 0 saturated heterocycles. The van der Waals surface area contributed by atoms with Crippen molar-refractivity contribution in [3.05, 3.63) is 29.8 Å². The summed E-state index contributed by atoms with van der Waals surface area (Å²) in [5.74, 6) is 0.948. The zero-order chi connectivity index (χ0) is 12.8. The molecular formula is C15H23NO2. The van der Waals surface area contributed by atoms with Crippen molar-refractivity contribution in [2.24, 2.45) is 0 Å². The third-order valence-electron chi connectivity index (χ3n) is 3.72. The van der Waals surface area contributed by atoms with Gasteiger partial charge >= 0.3 is 0 Å². The Morgan fingerprint density at radius 3 is 2.83 bits per heavy atom. The zero-order valence-corrected chi connectivity index (χ0v) is 11.1. The largest absolute Gasteiger partial charge is 0.496 e. The molecule has 0 aliphatic heterocycles. The number of hydrogen-bond donors (Lipinski definition) is 2. The number of ether oxygens (including phenoxy) is 1. The monoisotopic (exact) mass is 249 g/mol. The van der Waals surface area contributed by atoms with Gasteiger partial charge in [-0.3, -0.25) is 0 Å². The minimum absolute atomic E-state index is 0.170. The van der Waals surface area contributed by atoms with Crippen LogP contribution < -0.4 is 10.1 Å². The molecule has 1 aliphatic carbocycles. The van der Waals surface area contributed by atoms with Gasteiger partial charge in [0.2, 0.25) is 0 Å². The summed E-state index contributed by atoms with van der Waals surface area (Å²) in [5, 5.41) is 13.3. The van der Waals surface area contributed by atoms with Crippen LogP contribution in [-0.4, -0.2) is 30.9 Å². The third-order valence-corrected chi connectivity index (χ3v) is 3.72. The van der Waals surface area contributed by atoms with Crippen LogP contribution >= 0.6 is 0 Å². The molecule has 0 aromatic heterocycles. The van der Waals surface area contributed by atoms with E-state index in [9.17, 15) is 5.11 Å². The maximum atomic E-state index is 9.88. The van der Waals surface area contributed by atoms with E-state index in [0.717, 1.165) is 38.0 Å². The molecule has 1 saturated carbocycles. The highest BCUT2D eigenvalue weighted by Gasteiger charge is 2.21. The maximum Gasteiger partial charge on any atom is 0.122 e. The van der Waals surface area contributed by atoms with Gasteiger partial charge in [0.05, 0.1) is 13.2 Å². The first-order valence-corrected chi connectivity index (χ1v) is 6.84. The molecule has 1 aromatic rings. The van der Waals surface area contributed by atoms with Crippen molar-refractivity contribution >= 4 is 0 Å². The van der Waals surface area contributed by atoms with Crippen LogP contribution in [0, 0.1) is 0 Å². The standard InChI is InChI=1S/C15H23NO2/c1-18-15-9-5-2-6-12(15)10-11-16-13-7-3-4-8-14(13)17/h2,5-6,9,13-14,16-17H,3-4,7-8,10-11H2,1H3/t13-,14-/m1/s1. The second-order valence-corrected chi connectivity index (χ2v) is 4.97. The molecule has 2 rings (SSSR count). The van der Waals surface area contributed by atoms with Crippen molar-refractivity contribution in [3.63, 3.8) is 0 Å². The normalized spacial score (nSPS) is 23.9. The number of aliphatic hydroxyl groups excluding tert-OH is 1. The average molecular weight is 249 g/mol. The Morgan fingerprint density at radius 2 is 2.06 bits per heavy atom. The minimum atomic E-state index is -0.170. The van der Waals surface area contributed by atoms with Gasteiger partial charge in [0.1, 0.15) is 5.75 Å². The lowest BCUT2D eigenvalue weighted by atomic mass is 9.92. The maximum absolute atomic E-state index is 9.88. The third kappa shape index (κ3) is 3.47. The van der Waals surface area contributed by atoms with Gasteiger partial charge in [-0.05, 0) is 37.4 Å². The quantitative estimate of drug-likeness (QED) is 0.840. The SMILES string of the molecule is COc1ccccc1CCN[C@@H]1CCCC[C@H]1O. The van der Waals surface area contributed by atoms with Crippen LogP contribution in [0.3, 0.4) is 0 Å². The lowest BCUT2D eigenvalue weighted by Gasteiger charge is -2.28. The lowest BCUT2D eigenvalue weighted by molar-refractivity contribution is 0.0913. The molecule has 3 heteroatoms. The van der Waals surface area contributed by atoms with Gasteiger partial charge in [-0.2, -0.15) is 0 Å². The molecule has 1 fully saturated rings. The number of methoxy groups -OCH3 is 1. The Hall–Kier alpha value is -1.06. The molecule has 0 spiro atoms. The Balaban J connectivity index is 1.80. The smallest absolute Gasteiger partial charge is 0.122 e. The summed E-state index contributed by atoms with van der Waals surface area (Å²) in [6, 6.07) is 8.38. The molecule has 0 amide bonds. The zero-order valence-electron chi connectivity index (χ0n) is 11.1. The second-order valence-electron chi connectivity index (χ2n) is 4.97. The van der Waals surface area contributed by atoms with Crippen molar-refractivity contribution in [3.8, 4) is 5.75 Å². The number of rotatable bonds is 5. The van der Waals surface area contributed by atoms with Crippen molar-refractivity contribution in [2.45, 2.75) is 44.2 Å². The molecular weight excluding hydrogens is 226 g/mol. The van der Waals surface area contributed by atoms with E-state index < -0.39 is 0 Å². The fourth-order valence-corrected chi connectivity index (χ4v) is 2.65. The average Bonchev–Trinajstić information content (AvgIpc) is 2.41. The number of para-hydroxylation sites is 1. The highest BCUT2D eigenvalue weighted by molar-refractivity contribution is 5.33. The van der Waals surface area contributed by atoms with E-state index in [2.05, 4.69) is 11.4 Å². The van der Waals surface area contributed by atoms with Crippen molar-refractivity contribution < 1.29 is 9.84 Å². The van der Waals surface area contributed by atoms with E-state index >= 15 is 0 Å². The van der Waals surface area contributed by atoms with Gasteiger partial charge in [0.25, 0.3) is 0 Å². The summed E-state index contributed by atoms with van der Waals surface area (Å²) in [5.41, 5.74) is 1.22. The van der Waals surface area contributed by atoms with Gasteiger partial charge in [-0.1, -0.05) is 31.0 Å². The van der Waals surface area contributed by atoms with Gasteiger partial charge in [-0.15, -0.1) is 0 Å². The first-order chi connectivity index (χ1) is 8.81. The Morgan fingerprint density at radius 1 is 1.28 bits per heavy atom. The molecule has 0 unspecified atom stereocenters. The number of aliphatic hydroxyl groups is 1. The topological polar surface area (TPSA) is 41.5 Å². The fraction of sp³-hybridized carbons (Fsp3) is 0.600. The van der Waals surface area contributed by atoms with Crippen molar-refractivity contribution in [1.29, 1.82) is 0 Å². The second kappa shape index (κ2) is 6.76. The molecule has 2 N–H and O–H groups in total. The lowest BCUT2D eigenvalue weighted by Crippen LogP contribution is -2.42. The number of benzene rings is 1.